The maximum absolute atomic E-state index is 12.7. The second kappa shape index (κ2) is 7.31. The molecular weight excluding hydrogens is 346 g/mol. The first-order valence-corrected chi connectivity index (χ1v) is 9.45. The van der Waals surface area contributed by atoms with Crippen molar-refractivity contribution in [3.05, 3.63) is 41.6 Å². The maximum Gasteiger partial charge on any atom is 0.316 e. The van der Waals surface area contributed by atoms with Gasteiger partial charge in [-0.2, -0.15) is 0 Å². The number of likely N-dealkylation sites (tertiary alicyclic amines) is 1. The standard InChI is InChI=1S/C20H25N3O4/c1-14-10-17(15(2)27-14)18(24)23-12-20(13-23)11-16(5-9-26-20)4-8-25-19-21-6-3-7-22-19/h3,6-7,10,16H,4-5,8-9,11-13H2,1-2H3/t16-/m0/s1. The zero-order chi connectivity index (χ0) is 18.9. The normalized spacial score (nSPS) is 21.1. The summed E-state index contributed by atoms with van der Waals surface area (Å²) in [6.45, 7) is 6.32. The van der Waals surface area contributed by atoms with Gasteiger partial charge in [0, 0.05) is 19.0 Å². The second-order valence-corrected chi connectivity index (χ2v) is 7.55. The van der Waals surface area contributed by atoms with Gasteiger partial charge in [0.05, 0.1) is 25.3 Å². The first-order chi connectivity index (χ1) is 13.0. The van der Waals surface area contributed by atoms with Gasteiger partial charge >= 0.3 is 6.01 Å². The summed E-state index contributed by atoms with van der Waals surface area (Å²) in [4.78, 5) is 22.7. The van der Waals surface area contributed by atoms with Crippen LogP contribution in [0.1, 0.15) is 41.1 Å². The van der Waals surface area contributed by atoms with E-state index in [1.165, 1.54) is 0 Å². The van der Waals surface area contributed by atoms with Gasteiger partial charge in [-0.1, -0.05) is 0 Å². The van der Waals surface area contributed by atoms with Gasteiger partial charge in [-0.15, -0.1) is 0 Å². The number of nitrogens with zero attached hydrogens (tertiary/aromatic N) is 3. The average Bonchev–Trinajstić information content (AvgIpc) is 2.98. The SMILES string of the molecule is Cc1cc(C(=O)N2CC3(C[C@@H](CCOc4ncccn4)CCO3)C2)c(C)o1. The van der Waals surface area contributed by atoms with E-state index in [-0.39, 0.29) is 11.5 Å². The zero-order valence-electron chi connectivity index (χ0n) is 15.8. The highest BCUT2D eigenvalue weighted by Crippen LogP contribution is 2.39. The molecular formula is C20H25N3O4. The molecule has 2 aliphatic rings. The van der Waals surface area contributed by atoms with E-state index in [0.29, 0.717) is 42.9 Å². The third-order valence-electron chi connectivity index (χ3n) is 5.41. The predicted molar refractivity (Wildman–Crippen MR) is 97.6 cm³/mol. The fraction of sp³-hybridized carbons (Fsp3) is 0.550. The van der Waals surface area contributed by atoms with E-state index in [1.54, 1.807) is 18.5 Å². The van der Waals surface area contributed by atoms with Gasteiger partial charge in [-0.05, 0) is 51.2 Å². The molecule has 2 fully saturated rings. The van der Waals surface area contributed by atoms with Gasteiger partial charge in [0.15, 0.2) is 0 Å². The van der Waals surface area contributed by atoms with Gasteiger partial charge in [-0.25, -0.2) is 9.97 Å². The van der Waals surface area contributed by atoms with Gasteiger partial charge in [0.25, 0.3) is 5.91 Å². The van der Waals surface area contributed by atoms with E-state index in [9.17, 15) is 4.79 Å². The molecule has 7 nitrogen and oxygen atoms in total. The van der Waals surface area contributed by atoms with Crippen LogP contribution in [0.5, 0.6) is 6.01 Å². The lowest BCUT2D eigenvalue weighted by Gasteiger charge is -2.53. The number of hydrogen-bond donors (Lipinski definition) is 0. The lowest BCUT2D eigenvalue weighted by molar-refractivity contribution is -0.166. The van der Waals surface area contributed by atoms with Crippen molar-refractivity contribution in [2.75, 3.05) is 26.3 Å². The molecule has 0 aliphatic carbocycles. The fourth-order valence-electron chi connectivity index (χ4n) is 4.08. The molecule has 1 spiro atoms. The van der Waals surface area contributed by atoms with Crippen LogP contribution in [0.15, 0.2) is 28.9 Å². The minimum Gasteiger partial charge on any atom is -0.466 e. The van der Waals surface area contributed by atoms with Crippen LogP contribution in [0.25, 0.3) is 0 Å². The Kier molecular flexibility index (Phi) is 4.86. The molecule has 0 aromatic carbocycles. The highest BCUT2D eigenvalue weighted by atomic mass is 16.5. The lowest BCUT2D eigenvalue weighted by atomic mass is 9.79. The van der Waals surface area contributed by atoms with E-state index >= 15 is 0 Å². The Morgan fingerprint density at radius 1 is 1.33 bits per heavy atom. The molecule has 0 unspecified atom stereocenters. The number of aryl methyl sites for hydroxylation is 2. The molecule has 4 rings (SSSR count). The summed E-state index contributed by atoms with van der Waals surface area (Å²) in [5, 5.41) is 0. The van der Waals surface area contributed by atoms with E-state index in [2.05, 4.69) is 9.97 Å². The number of carbonyl (C=O) groups is 1. The summed E-state index contributed by atoms with van der Waals surface area (Å²) < 4.78 is 17.2. The molecule has 7 heteroatoms. The van der Waals surface area contributed by atoms with E-state index < -0.39 is 0 Å². The number of furan rings is 1. The second-order valence-electron chi connectivity index (χ2n) is 7.55. The van der Waals surface area contributed by atoms with Crippen molar-refractivity contribution in [2.24, 2.45) is 5.92 Å². The summed E-state index contributed by atoms with van der Waals surface area (Å²) >= 11 is 0. The monoisotopic (exact) mass is 371 g/mol. The van der Waals surface area contributed by atoms with Crippen LogP contribution in [0.4, 0.5) is 0 Å². The Labute approximate surface area is 158 Å². The Morgan fingerprint density at radius 3 is 2.81 bits per heavy atom. The van der Waals surface area contributed by atoms with Crippen LogP contribution in [-0.4, -0.2) is 52.7 Å². The van der Waals surface area contributed by atoms with Gasteiger partial charge in [0.1, 0.15) is 17.1 Å². The smallest absolute Gasteiger partial charge is 0.316 e. The van der Waals surface area contributed by atoms with Crippen LogP contribution in [0, 0.1) is 19.8 Å². The molecule has 2 saturated heterocycles. The number of aromatic nitrogens is 2. The number of ether oxygens (including phenoxy) is 2. The largest absolute Gasteiger partial charge is 0.466 e. The van der Waals surface area contributed by atoms with E-state index in [4.69, 9.17) is 13.9 Å². The number of amides is 1. The third kappa shape index (κ3) is 3.83. The zero-order valence-corrected chi connectivity index (χ0v) is 15.8. The van der Waals surface area contributed by atoms with Crippen molar-refractivity contribution in [3.63, 3.8) is 0 Å². The summed E-state index contributed by atoms with van der Waals surface area (Å²) in [5.74, 6) is 2.01. The van der Waals surface area contributed by atoms with E-state index in [0.717, 1.165) is 31.6 Å². The van der Waals surface area contributed by atoms with Gasteiger partial charge in [0.2, 0.25) is 0 Å². The minimum atomic E-state index is -0.200. The van der Waals surface area contributed by atoms with Crippen molar-refractivity contribution in [1.29, 1.82) is 0 Å². The number of hydrogen-bond acceptors (Lipinski definition) is 6. The maximum atomic E-state index is 12.7. The van der Waals surface area contributed by atoms with Gasteiger partial charge in [-0.3, -0.25) is 4.79 Å². The molecule has 0 saturated carbocycles. The molecule has 27 heavy (non-hydrogen) atoms. The fourth-order valence-corrected chi connectivity index (χ4v) is 4.08. The van der Waals surface area contributed by atoms with Crippen LogP contribution in [0.3, 0.4) is 0 Å². The molecule has 0 N–H and O–H groups in total. The number of carbonyl (C=O) groups excluding carboxylic acids is 1. The topological polar surface area (TPSA) is 77.7 Å². The van der Waals surface area contributed by atoms with Crippen LogP contribution >= 0.6 is 0 Å². The van der Waals surface area contributed by atoms with E-state index in [1.807, 2.05) is 24.8 Å². The quantitative estimate of drug-likeness (QED) is 0.804. The Balaban J connectivity index is 1.28. The lowest BCUT2D eigenvalue weighted by Crippen LogP contribution is -2.66. The molecule has 144 valence electrons. The molecule has 0 bridgehead atoms. The Bertz CT molecular complexity index is 799. The molecule has 1 atom stereocenters. The predicted octanol–water partition coefficient (Wildman–Crippen LogP) is 2.78. The van der Waals surface area contributed by atoms with Crippen molar-refractivity contribution in [2.45, 2.75) is 38.7 Å². The summed E-state index contributed by atoms with van der Waals surface area (Å²) in [7, 11) is 0. The van der Waals surface area contributed by atoms with Crippen molar-refractivity contribution < 1.29 is 18.7 Å². The highest BCUT2D eigenvalue weighted by Gasteiger charge is 2.49. The van der Waals surface area contributed by atoms with Crippen molar-refractivity contribution in [1.82, 2.24) is 14.9 Å². The number of rotatable bonds is 5. The molecule has 2 aromatic heterocycles. The summed E-state index contributed by atoms with van der Waals surface area (Å²) in [6.07, 6.45) is 6.27. The Hall–Kier alpha value is -2.41. The van der Waals surface area contributed by atoms with Crippen molar-refractivity contribution >= 4 is 5.91 Å². The first-order valence-electron chi connectivity index (χ1n) is 9.45. The Morgan fingerprint density at radius 2 is 2.11 bits per heavy atom. The summed E-state index contributed by atoms with van der Waals surface area (Å²) in [5.41, 5.74) is 0.458. The third-order valence-corrected chi connectivity index (χ3v) is 5.41. The van der Waals surface area contributed by atoms with Gasteiger partial charge < -0.3 is 18.8 Å². The molecule has 4 heterocycles. The summed E-state index contributed by atoms with van der Waals surface area (Å²) in [6, 6.07) is 4.01. The minimum absolute atomic E-state index is 0.0326. The first kappa shape index (κ1) is 18.0. The molecule has 2 aliphatic heterocycles. The molecule has 0 radical (unpaired) electrons. The van der Waals surface area contributed by atoms with Crippen LogP contribution in [-0.2, 0) is 4.74 Å². The van der Waals surface area contributed by atoms with Crippen LogP contribution in [0.2, 0.25) is 0 Å². The van der Waals surface area contributed by atoms with Crippen LogP contribution < -0.4 is 4.74 Å². The molecule has 1 amide bonds. The average molecular weight is 371 g/mol. The molecule has 2 aromatic rings. The van der Waals surface area contributed by atoms with Crippen molar-refractivity contribution in [3.8, 4) is 6.01 Å². The highest BCUT2D eigenvalue weighted by molar-refractivity contribution is 5.96.